The van der Waals surface area contributed by atoms with Crippen LogP contribution < -0.4 is 9.64 Å². The molecule has 3 fully saturated rings. The third kappa shape index (κ3) is 5.43. The zero-order valence-corrected chi connectivity index (χ0v) is 20.1. The number of aromatic nitrogens is 2. The molecule has 33 heavy (non-hydrogen) atoms. The largest absolute Gasteiger partial charge is 0.494 e. The summed E-state index contributed by atoms with van der Waals surface area (Å²) in [6.07, 6.45) is 9.87. The molecule has 176 valence electrons. The fourth-order valence-corrected chi connectivity index (χ4v) is 5.40. The van der Waals surface area contributed by atoms with Gasteiger partial charge in [0.05, 0.1) is 30.4 Å². The highest BCUT2D eigenvalue weighted by Crippen LogP contribution is 2.49. The first-order valence-electron chi connectivity index (χ1n) is 12.3. The summed E-state index contributed by atoms with van der Waals surface area (Å²) in [6, 6.07) is 6.16. The molecule has 1 amide bonds. The fraction of sp³-hybridized carbons (Fsp3) is 0.577. The minimum atomic E-state index is 0.240. The Labute approximate surface area is 201 Å². The normalized spacial score (nSPS) is 22.7. The van der Waals surface area contributed by atoms with Gasteiger partial charge in [-0.3, -0.25) is 4.79 Å². The smallest absolute Gasteiger partial charge is 0.227 e. The maximum Gasteiger partial charge on any atom is 0.227 e. The topological polar surface area (TPSA) is 58.6 Å². The highest BCUT2D eigenvalue weighted by Gasteiger charge is 2.43. The number of hydrogen-bond acceptors (Lipinski definition) is 5. The van der Waals surface area contributed by atoms with Crippen molar-refractivity contribution < 1.29 is 9.53 Å². The molecule has 0 bridgehead atoms. The van der Waals surface area contributed by atoms with Crippen molar-refractivity contribution in [2.24, 2.45) is 17.8 Å². The molecule has 1 saturated carbocycles. The van der Waals surface area contributed by atoms with Crippen LogP contribution in [0.1, 0.15) is 43.2 Å². The van der Waals surface area contributed by atoms with Crippen molar-refractivity contribution in [3.8, 4) is 5.75 Å². The second-order valence-electron chi connectivity index (χ2n) is 9.82. The predicted octanol–water partition coefficient (Wildman–Crippen LogP) is 4.53. The number of benzene rings is 1. The van der Waals surface area contributed by atoms with Crippen molar-refractivity contribution in [2.45, 2.75) is 45.4 Å². The van der Waals surface area contributed by atoms with E-state index >= 15 is 0 Å². The molecule has 1 aromatic carbocycles. The molecule has 6 nitrogen and oxygen atoms in total. The van der Waals surface area contributed by atoms with Gasteiger partial charge in [0.15, 0.2) is 0 Å². The van der Waals surface area contributed by atoms with Crippen LogP contribution in [0.15, 0.2) is 30.6 Å². The van der Waals surface area contributed by atoms with Gasteiger partial charge in [0.25, 0.3) is 0 Å². The van der Waals surface area contributed by atoms with E-state index in [1.807, 2.05) is 11.0 Å². The van der Waals surface area contributed by atoms with Crippen molar-refractivity contribution in [3.63, 3.8) is 0 Å². The van der Waals surface area contributed by atoms with Crippen LogP contribution >= 0.6 is 11.6 Å². The van der Waals surface area contributed by atoms with E-state index in [0.29, 0.717) is 11.4 Å². The second-order valence-corrected chi connectivity index (χ2v) is 10.3. The summed E-state index contributed by atoms with van der Waals surface area (Å²) in [5.41, 5.74) is 2.25. The van der Waals surface area contributed by atoms with Gasteiger partial charge >= 0.3 is 0 Å². The van der Waals surface area contributed by atoms with Crippen LogP contribution in [0.4, 0.5) is 5.95 Å². The monoisotopic (exact) mass is 468 g/mol. The Morgan fingerprint density at radius 2 is 1.91 bits per heavy atom. The van der Waals surface area contributed by atoms with E-state index < -0.39 is 0 Å². The Kier molecular flexibility index (Phi) is 6.72. The molecule has 2 saturated heterocycles. The van der Waals surface area contributed by atoms with Crippen molar-refractivity contribution in [3.05, 3.63) is 46.7 Å². The first-order chi connectivity index (χ1) is 16.1. The molecule has 0 radical (unpaired) electrons. The summed E-state index contributed by atoms with van der Waals surface area (Å²) < 4.78 is 6.07. The Bertz CT molecular complexity index is 971. The highest BCUT2D eigenvalue weighted by atomic mass is 35.5. The number of halogens is 1. The maximum absolute atomic E-state index is 12.2. The van der Waals surface area contributed by atoms with E-state index in [2.05, 4.69) is 33.9 Å². The van der Waals surface area contributed by atoms with Crippen LogP contribution in [0.5, 0.6) is 5.75 Å². The van der Waals surface area contributed by atoms with Crippen LogP contribution in [0.3, 0.4) is 0 Å². The molecule has 0 spiro atoms. The molecular weight excluding hydrogens is 436 g/mol. The van der Waals surface area contributed by atoms with Gasteiger partial charge in [0.2, 0.25) is 11.9 Å². The van der Waals surface area contributed by atoms with Crippen LogP contribution in [0.25, 0.3) is 0 Å². The summed E-state index contributed by atoms with van der Waals surface area (Å²) in [7, 11) is 0. The third-order valence-electron chi connectivity index (χ3n) is 7.63. The number of anilines is 1. The summed E-state index contributed by atoms with van der Waals surface area (Å²) in [6.45, 7) is 6.72. The fourth-order valence-electron chi connectivity index (χ4n) is 5.30. The van der Waals surface area contributed by atoms with Crippen LogP contribution in [0, 0.1) is 24.7 Å². The van der Waals surface area contributed by atoms with Crippen LogP contribution in [0.2, 0.25) is 5.02 Å². The molecule has 2 aromatic rings. The number of likely N-dealkylation sites (tertiary alicyclic amines) is 1. The number of rotatable bonds is 8. The summed E-state index contributed by atoms with van der Waals surface area (Å²) in [5, 5.41) is 0.583. The van der Waals surface area contributed by atoms with Gasteiger partial charge in [-0.2, -0.15) is 0 Å². The van der Waals surface area contributed by atoms with E-state index in [0.717, 1.165) is 86.2 Å². The van der Waals surface area contributed by atoms with Crippen molar-refractivity contribution in [1.82, 2.24) is 14.9 Å². The van der Waals surface area contributed by atoms with Gasteiger partial charge in [-0.25, -0.2) is 9.97 Å². The molecular formula is C26H33ClN4O2. The molecule has 3 aliphatic rings. The summed E-state index contributed by atoms with van der Waals surface area (Å²) >= 11 is 5.90. The molecule has 7 heteroatoms. The van der Waals surface area contributed by atoms with Crippen molar-refractivity contribution >= 4 is 23.5 Å². The molecule has 5 rings (SSSR count). The zero-order chi connectivity index (χ0) is 22.8. The van der Waals surface area contributed by atoms with Gasteiger partial charge in [-0.1, -0.05) is 17.7 Å². The van der Waals surface area contributed by atoms with Gasteiger partial charge in [0, 0.05) is 26.2 Å². The van der Waals surface area contributed by atoms with Crippen molar-refractivity contribution in [1.29, 1.82) is 0 Å². The first kappa shape index (κ1) is 22.5. The standard InChI is InChI=1S/C26H33ClN4O2/c1-18-13-23(4-3-20(18)15-25(32)30-8-2-9-30)33-12-7-21-14-24(21)19-5-10-31(11-6-19)26-28-16-22(27)17-29-26/h3-4,13,16-17,19,21,24H,2,5-12,14-15H2,1H3. The van der Waals surface area contributed by atoms with Crippen molar-refractivity contribution in [2.75, 3.05) is 37.7 Å². The minimum absolute atomic E-state index is 0.240. The molecule has 2 aliphatic heterocycles. The highest BCUT2D eigenvalue weighted by molar-refractivity contribution is 6.30. The summed E-state index contributed by atoms with van der Waals surface area (Å²) in [5.74, 6) is 4.40. The van der Waals surface area contributed by atoms with E-state index in [4.69, 9.17) is 16.3 Å². The van der Waals surface area contributed by atoms with Gasteiger partial charge in [-0.15, -0.1) is 0 Å². The maximum atomic E-state index is 12.2. The lowest BCUT2D eigenvalue weighted by Gasteiger charge is -2.32. The average Bonchev–Trinajstić information content (AvgIpc) is 3.55. The number of ether oxygens (including phenoxy) is 1. The molecule has 1 aliphatic carbocycles. The van der Waals surface area contributed by atoms with Crippen LogP contribution in [-0.4, -0.2) is 53.6 Å². The average molecular weight is 469 g/mol. The minimum Gasteiger partial charge on any atom is -0.494 e. The Hall–Kier alpha value is -2.34. The van der Waals surface area contributed by atoms with Gasteiger partial charge < -0.3 is 14.5 Å². The molecule has 0 N–H and O–H groups in total. The number of hydrogen-bond donors (Lipinski definition) is 0. The predicted molar refractivity (Wildman–Crippen MR) is 130 cm³/mol. The molecule has 3 heterocycles. The second kappa shape index (κ2) is 9.88. The third-order valence-corrected chi connectivity index (χ3v) is 7.83. The lowest BCUT2D eigenvalue weighted by Crippen LogP contribution is -2.42. The number of aryl methyl sites for hydroxylation is 1. The van der Waals surface area contributed by atoms with E-state index in [1.54, 1.807) is 12.4 Å². The number of carbonyl (C=O) groups is 1. The SMILES string of the molecule is Cc1cc(OCCC2CC2C2CCN(c3ncc(Cl)cn3)CC2)ccc1CC(=O)N1CCC1. The quantitative estimate of drug-likeness (QED) is 0.569. The number of amides is 1. The Morgan fingerprint density at radius 3 is 2.58 bits per heavy atom. The van der Waals surface area contributed by atoms with Crippen LogP contribution in [-0.2, 0) is 11.2 Å². The Morgan fingerprint density at radius 1 is 1.15 bits per heavy atom. The van der Waals surface area contributed by atoms with Gasteiger partial charge in [-0.05, 0) is 80.0 Å². The molecule has 2 atom stereocenters. The zero-order valence-electron chi connectivity index (χ0n) is 19.4. The lowest BCUT2D eigenvalue weighted by molar-refractivity contribution is -0.133. The Balaban J connectivity index is 1.02. The lowest BCUT2D eigenvalue weighted by atomic mass is 9.90. The van der Waals surface area contributed by atoms with E-state index in [-0.39, 0.29) is 5.91 Å². The molecule has 2 unspecified atom stereocenters. The van der Waals surface area contributed by atoms with Gasteiger partial charge in [0.1, 0.15) is 5.75 Å². The van der Waals surface area contributed by atoms with E-state index in [9.17, 15) is 4.79 Å². The number of piperidine rings is 1. The molecule has 1 aromatic heterocycles. The first-order valence-corrected chi connectivity index (χ1v) is 12.7. The number of carbonyl (C=O) groups excluding carboxylic acids is 1. The number of nitrogens with zero attached hydrogens (tertiary/aromatic N) is 4. The van der Waals surface area contributed by atoms with E-state index in [1.165, 1.54) is 19.3 Å². The summed E-state index contributed by atoms with van der Waals surface area (Å²) in [4.78, 5) is 25.2.